The van der Waals surface area contributed by atoms with Crippen LogP contribution in [0.25, 0.3) is 0 Å². The number of fused-ring (bicyclic) bond motifs is 1. The fourth-order valence-electron chi connectivity index (χ4n) is 4.16. The summed E-state index contributed by atoms with van der Waals surface area (Å²) in [4.78, 5) is 5.00. The molecule has 1 spiro atoms. The maximum atomic E-state index is 6.15. The number of nitrogens with zero attached hydrogens (tertiary/aromatic N) is 1. The number of aliphatic imine (C=N–C) groups is 1. The molecule has 2 aliphatic rings. The highest BCUT2D eigenvalue weighted by atomic mass is 35.5. The quantitative estimate of drug-likeness (QED) is 0.637. The molecule has 0 amide bonds. The number of nitrogens with one attached hydrogen (secondary N) is 1. The van der Waals surface area contributed by atoms with E-state index in [0.717, 1.165) is 17.8 Å². The predicted molar refractivity (Wildman–Crippen MR) is 107 cm³/mol. The third kappa shape index (κ3) is 3.43. The third-order valence-corrected chi connectivity index (χ3v) is 6.26. The summed E-state index contributed by atoms with van der Waals surface area (Å²) in [6.45, 7) is 0.628. The first kappa shape index (κ1) is 16.9. The van der Waals surface area contributed by atoms with Crippen LogP contribution in [0, 0.1) is 5.41 Å². The number of amidine groups is 1. The van der Waals surface area contributed by atoms with E-state index in [2.05, 4.69) is 29.6 Å². The molecule has 2 aromatic carbocycles. The Bertz CT molecular complexity index is 807. The van der Waals surface area contributed by atoms with Gasteiger partial charge in [0.1, 0.15) is 5.84 Å². The number of halogens is 2. The number of hydrogen-bond donors (Lipinski definition) is 1. The van der Waals surface area contributed by atoms with Crippen LogP contribution in [-0.4, -0.2) is 5.84 Å². The molecule has 0 aromatic heterocycles. The number of hydrogen-bond acceptors (Lipinski definition) is 1. The molecule has 1 saturated carbocycles. The maximum absolute atomic E-state index is 6.15. The zero-order valence-corrected chi connectivity index (χ0v) is 15.7. The van der Waals surface area contributed by atoms with E-state index in [1.807, 2.05) is 18.2 Å². The highest BCUT2D eigenvalue weighted by Gasteiger charge is 2.40. The summed E-state index contributed by atoms with van der Waals surface area (Å²) in [5.74, 6) is 1.15. The van der Waals surface area contributed by atoms with Crippen LogP contribution in [0.3, 0.4) is 0 Å². The van der Waals surface area contributed by atoms with Crippen molar-refractivity contribution in [1.29, 1.82) is 0 Å². The lowest BCUT2D eigenvalue weighted by Gasteiger charge is -2.42. The Labute approximate surface area is 159 Å². The van der Waals surface area contributed by atoms with E-state index in [9.17, 15) is 0 Å². The summed E-state index contributed by atoms with van der Waals surface area (Å²) in [7, 11) is 0. The van der Waals surface area contributed by atoms with Crippen LogP contribution in [0.5, 0.6) is 0 Å². The third-order valence-electron chi connectivity index (χ3n) is 5.52. The standard InChI is InChI=1S/C21H22Cl2N2/c22-17-9-8-15(12-18(17)23)14-24-20-21(10-4-1-5-11-21)13-16-6-2-3-7-19(16)25-20/h2-3,6-9,12H,1,4-5,10-11,13-14H2,(H,24,25). The molecule has 0 radical (unpaired) electrons. The maximum Gasteiger partial charge on any atom is 0.108 e. The average molecular weight is 373 g/mol. The Morgan fingerprint density at radius 1 is 0.960 bits per heavy atom. The summed E-state index contributed by atoms with van der Waals surface area (Å²) in [6, 6.07) is 14.4. The number of para-hydroxylation sites is 1. The summed E-state index contributed by atoms with van der Waals surface area (Å²) in [6.07, 6.45) is 7.44. The van der Waals surface area contributed by atoms with Crippen LogP contribution in [0.4, 0.5) is 5.69 Å². The van der Waals surface area contributed by atoms with Crippen molar-refractivity contribution in [3.63, 3.8) is 0 Å². The summed E-state index contributed by atoms with van der Waals surface area (Å²) < 4.78 is 0. The molecule has 1 heterocycles. The fraction of sp³-hybridized carbons (Fsp3) is 0.381. The number of rotatable bonds is 2. The van der Waals surface area contributed by atoms with Gasteiger partial charge in [0.2, 0.25) is 0 Å². The lowest BCUT2D eigenvalue weighted by Crippen LogP contribution is -2.43. The van der Waals surface area contributed by atoms with Crippen molar-refractivity contribution in [3.05, 3.63) is 63.6 Å². The van der Waals surface area contributed by atoms with E-state index in [1.165, 1.54) is 43.4 Å². The monoisotopic (exact) mass is 372 g/mol. The van der Waals surface area contributed by atoms with Crippen LogP contribution in [0.1, 0.15) is 43.2 Å². The molecule has 0 atom stereocenters. The molecule has 0 bridgehead atoms. The van der Waals surface area contributed by atoms with Gasteiger partial charge in [-0.15, -0.1) is 0 Å². The van der Waals surface area contributed by atoms with E-state index >= 15 is 0 Å². The molecule has 1 aliphatic heterocycles. The van der Waals surface area contributed by atoms with Crippen molar-refractivity contribution in [3.8, 4) is 0 Å². The normalized spacial score (nSPS) is 20.3. The molecule has 130 valence electrons. The van der Waals surface area contributed by atoms with Crippen molar-refractivity contribution in [2.24, 2.45) is 10.4 Å². The van der Waals surface area contributed by atoms with Crippen molar-refractivity contribution in [2.45, 2.75) is 45.1 Å². The number of anilines is 1. The van der Waals surface area contributed by atoms with Crippen molar-refractivity contribution >= 4 is 34.7 Å². The largest absolute Gasteiger partial charge is 0.343 e. The van der Waals surface area contributed by atoms with E-state index in [-0.39, 0.29) is 5.41 Å². The highest BCUT2D eigenvalue weighted by Crippen LogP contribution is 2.45. The molecule has 25 heavy (non-hydrogen) atoms. The Hall–Kier alpha value is -1.51. The first-order chi connectivity index (χ1) is 12.2. The van der Waals surface area contributed by atoms with Gasteiger partial charge in [0.05, 0.1) is 16.6 Å². The second-order valence-corrected chi connectivity index (χ2v) is 8.03. The van der Waals surface area contributed by atoms with E-state index in [4.69, 9.17) is 28.2 Å². The molecular weight excluding hydrogens is 351 g/mol. The van der Waals surface area contributed by atoms with Gasteiger partial charge in [-0.1, -0.05) is 66.7 Å². The minimum Gasteiger partial charge on any atom is -0.343 e. The lowest BCUT2D eigenvalue weighted by atomic mass is 9.67. The van der Waals surface area contributed by atoms with Crippen molar-refractivity contribution < 1.29 is 0 Å². The van der Waals surface area contributed by atoms with Gasteiger partial charge in [-0.3, -0.25) is 4.99 Å². The van der Waals surface area contributed by atoms with Gasteiger partial charge in [0.25, 0.3) is 0 Å². The molecule has 2 nitrogen and oxygen atoms in total. The van der Waals surface area contributed by atoms with Gasteiger partial charge in [-0.05, 0) is 48.6 Å². The van der Waals surface area contributed by atoms with Gasteiger partial charge in [-0.2, -0.15) is 0 Å². The molecular formula is C21H22Cl2N2. The van der Waals surface area contributed by atoms with E-state index in [1.54, 1.807) is 0 Å². The molecule has 4 rings (SSSR count). The molecule has 0 saturated heterocycles. The summed E-state index contributed by atoms with van der Waals surface area (Å²) >= 11 is 12.2. The topological polar surface area (TPSA) is 24.4 Å². The lowest BCUT2D eigenvalue weighted by molar-refractivity contribution is 0.278. The first-order valence-corrected chi connectivity index (χ1v) is 9.76. The molecule has 2 aromatic rings. The van der Waals surface area contributed by atoms with Crippen LogP contribution in [-0.2, 0) is 13.0 Å². The Balaban J connectivity index is 1.66. The zero-order chi connectivity index (χ0) is 17.3. The fourth-order valence-corrected chi connectivity index (χ4v) is 4.48. The molecule has 4 heteroatoms. The SMILES string of the molecule is Clc1ccc(CN=C2Nc3ccccc3CC23CCCCC3)cc1Cl. The van der Waals surface area contributed by atoms with E-state index in [0.29, 0.717) is 16.6 Å². The van der Waals surface area contributed by atoms with Gasteiger partial charge >= 0.3 is 0 Å². The highest BCUT2D eigenvalue weighted by molar-refractivity contribution is 6.42. The summed E-state index contributed by atoms with van der Waals surface area (Å²) in [5, 5.41) is 4.83. The Morgan fingerprint density at radius 3 is 2.56 bits per heavy atom. The van der Waals surface area contributed by atoms with Crippen LogP contribution in [0.15, 0.2) is 47.5 Å². The zero-order valence-electron chi connectivity index (χ0n) is 14.2. The van der Waals surface area contributed by atoms with Gasteiger partial charge in [0.15, 0.2) is 0 Å². The molecule has 1 fully saturated rings. The van der Waals surface area contributed by atoms with Gasteiger partial charge in [-0.25, -0.2) is 0 Å². The van der Waals surface area contributed by atoms with Crippen LogP contribution < -0.4 is 5.32 Å². The second-order valence-electron chi connectivity index (χ2n) is 7.21. The Morgan fingerprint density at radius 2 is 1.76 bits per heavy atom. The van der Waals surface area contributed by atoms with Crippen LogP contribution >= 0.6 is 23.2 Å². The first-order valence-electron chi connectivity index (χ1n) is 9.00. The smallest absolute Gasteiger partial charge is 0.108 e. The summed E-state index contributed by atoms with van der Waals surface area (Å²) in [5.41, 5.74) is 3.88. The molecule has 1 N–H and O–H groups in total. The number of benzene rings is 2. The minimum atomic E-state index is 0.169. The van der Waals surface area contributed by atoms with Crippen LogP contribution in [0.2, 0.25) is 10.0 Å². The van der Waals surface area contributed by atoms with Crippen molar-refractivity contribution in [2.75, 3.05) is 5.32 Å². The second kappa shape index (κ2) is 7.01. The van der Waals surface area contributed by atoms with Crippen molar-refractivity contribution in [1.82, 2.24) is 0 Å². The Kier molecular flexibility index (Phi) is 4.75. The van der Waals surface area contributed by atoms with Gasteiger partial charge in [0, 0.05) is 11.1 Å². The predicted octanol–water partition coefficient (Wildman–Crippen LogP) is 6.51. The molecule has 1 aliphatic carbocycles. The van der Waals surface area contributed by atoms with Gasteiger partial charge < -0.3 is 5.32 Å². The average Bonchev–Trinajstić information content (AvgIpc) is 2.63. The molecule has 0 unspecified atom stereocenters. The minimum absolute atomic E-state index is 0.169. The van der Waals surface area contributed by atoms with E-state index < -0.39 is 0 Å².